The molecule has 1 aliphatic heterocycles. The Hall–Kier alpha value is -3.90. The number of hydrogen-bond donors (Lipinski definition) is 3. The van der Waals surface area contributed by atoms with Gasteiger partial charge in [0.2, 0.25) is 0 Å². The minimum absolute atomic E-state index is 0.112. The van der Waals surface area contributed by atoms with E-state index in [1.54, 1.807) is 24.3 Å². The molecule has 1 heterocycles. The number of para-hydroxylation sites is 1. The number of anilines is 1. The molecule has 150 valence electrons. The van der Waals surface area contributed by atoms with Gasteiger partial charge < -0.3 is 20.9 Å². The van der Waals surface area contributed by atoms with Gasteiger partial charge in [-0.15, -0.1) is 0 Å². The summed E-state index contributed by atoms with van der Waals surface area (Å²) in [5, 5.41) is 11.8. The number of fused-ring (bicyclic) bond motifs is 1. The SMILES string of the molecule is NC(Cc1ccc(Oc2ccc(C=C3C(=O)Nc4ccccc43)cc2)cc1)C(=O)O. The lowest BCUT2D eigenvalue weighted by atomic mass is 10.0. The van der Waals surface area contributed by atoms with Crippen LogP contribution in [-0.2, 0) is 16.0 Å². The first-order valence-corrected chi connectivity index (χ1v) is 9.47. The Labute approximate surface area is 173 Å². The van der Waals surface area contributed by atoms with E-state index in [1.165, 1.54) is 0 Å². The molecule has 1 unspecified atom stereocenters. The van der Waals surface area contributed by atoms with E-state index in [0.717, 1.165) is 22.4 Å². The molecule has 3 aromatic carbocycles. The molecule has 0 saturated heterocycles. The highest BCUT2D eigenvalue weighted by Crippen LogP contribution is 2.33. The summed E-state index contributed by atoms with van der Waals surface area (Å²) in [5.74, 6) is 0.157. The summed E-state index contributed by atoms with van der Waals surface area (Å²) < 4.78 is 5.84. The van der Waals surface area contributed by atoms with Crippen LogP contribution in [-0.4, -0.2) is 23.0 Å². The van der Waals surface area contributed by atoms with Crippen LogP contribution in [0.2, 0.25) is 0 Å². The highest BCUT2D eigenvalue weighted by molar-refractivity contribution is 6.34. The topological polar surface area (TPSA) is 102 Å². The van der Waals surface area contributed by atoms with Crippen molar-refractivity contribution in [2.24, 2.45) is 5.73 Å². The predicted molar refractivity (Wildman–Crippen MR) is 115 cm³/mol. The number of hydrogen-bond acceptors (Lipinski definition) is 4. The Morgan fingerprint density at radius 2 is 1.63 bits per heavy atom. The van der Waals surface area contributed by atoms with Crippen LogP contribution in [0.4, 0.5) is 5.69 Å². The zero-order valence-electron chi connectivity index (χ0n) is 16.0. The van der Waals surface area contributed by atoms with Crippen molar-refractivity contribution in [2.45, 2.75) is 12.5 Å². The van der Waals surface area contributed by atoms with Gasteiger partial charge >= 0.3 is 5.97 Å². The van der Waals surface area contributed by atoms with E-state index in [1.807, 2.05) is 54.6 Å². The van der Waals surface area contributed by atoms with Gasteiger partial charge in [-0.3, -0.25) is 9.59 Å². The highest BCUT2D eigenvalue weighted by Gasteiger charge is 2.23. The minimum atomic E-state index is -1.02. The number of ether oxygens (including phenoxy) is 1. The van der Waals surface area contributed by atoms with Crippen molar-refractivity contribution >= 4 is 29.2 Å². The van der Waals surface area contributed by atoms with Crippen molar-refractivity contribution in [2.75, 3.05) is 5.32 Å². The van der Waals surface area contributed by atoms with E-state index in [0.29, 0.717) is 17.1 Å². The lowest BCUT2D eigenvalue weighted by molar-refractivity contribution is -0.138. The Kier molecular flexibility index (Phi) is 5.32. The summed E-state index contributed by atoms with van der Waals surface area (Å²) in [7, 11) is 0. The maximum absolute atomic E-state index is 12.2. The molecule has 3 aromatic rings. The Bertz CT molecular complexity index is 1120. The Morgan fingerprint density at radius 3 is 2.30 bits per heavy atom. The first-order valence-electron chi connectivity index (χ1n) is 9.47. The molecule has 1 atom stereocenters. The number of amides is 1. The maximum atomic E-state index is 12.2. The maximum Gasteiger partial charge on any atom is 0.320 e. The van der Waals surface area contributed by atoms with E-state index in [9.17, 15) is 9.59 Å². The van der Waals surface area contributed by atoms with Gasteiger partial charge in [0.15, 0.2) is 0 Å². The van der Waals surface area contributed by atoms with E-state index in [-0.39, 0.29) is 12.3 Å². The molecule has 4 rings (SSSR count). The fourth-order valence-corrected chi connectivity index (χ4v) is 3.25. The lowest BCUT2D eigenvalue weighted by Crippen LogP contribution is -2.32. The van der Waals surface area contributed by atoms with Crippen molar-refractivity contribution in [3.05, 3.63) is 89.5 Å². The van der Waals surface area contributed by atoms with Crippen LogP contribution in [0.3, 0.4) is 0 Å². The second-order valence-corrected chi connectivity index (χ2v) is 7.02. The van der Waals surface area contributed by atoms with Gasteiger partial charge in [-0.1, -0.05) is 42.5 Å². The number of carbonyl (C=O) groups is 2. The minimum Gasteiger partial charge on any atom is -0.480 e. The van der Waals surface area contributed by atoms with E-state index in [4.69, 9.17) is 15.6 Å². The summed E-state index contributed by atoms with van der Waals surface area (Å²) >= 11 is 0. The predicted octanol–water partition coefficient (Wildman–Crippen LogP) is 3.93. The molecule has 0 aromatic heterocycles. The van der Waals surface area contributed by atoms with E-state index >= 15 is 0 Å². The molecular weight excluding hydrogens is 380 g/mol. The van der Waals surface area contributed by atoms with Gasteiger partial charge in [0.1, 0.15) is 17.5 Å². The standard InChI is InChI=1S/C24H20N2O4/c25-21(24(28)29)14-16-7-11-18(12-8-16)30-17-9-5-15(6-10-17)13-20-19-3-1-2-4-22(19)26-23(20)27/h1-13,21H,14,25H2,(H,26,27)(H,28,29). The normalized spacial score (nSPS) is 14.8. The van der Waals surface area contributed by atoms with Gasteiger partial charge in [-0.25, -0.2) is 0 Å². The number of rotatable bonds is 6. The fourth-order valence-electron chi connectivity index (χ4n) is 3.25. The average molecular weight is 400 g/mol. The van der Waals surface area contributed by atoms with Crippen LogP contribution < -0.4 is 15.8 Å². The first kappa shape index (κ1) is 19.4. The number of aliphatic carboxylic acids is 1. The van der Waals surface area contributed by atoms with Crippen molar-refractivity contribution in [3.63, 3.8) is 0 Å². The van der Waals surface area contributed by atoms with Crippen molar-refractivity contribution in [3.8, 4) is 11.5 Å². The molecule has 6 nitrogen and oxygen atoms in total. The van der Waals surface area contributed by atoms with Crippen LogP contribution >= 0.6 is 0 Å². The molecule has 4 N–H and O–H groups in total. The number of benzene rings is 3. The third-order valence-electron chi connectivity index (χ3n) is 4.83. The fraction of sp³-hybridized carbons (Fsp3) is 0.0833. The van der Waals surface area contributed by atoms with E-state index in [2.05, 4.69) is 5.32 Å². The average Bonchev–Trinajstić information content (AvgIpc) is 3.06. The van der Waals surface area contributed by atoms with Crippen molar-refractivity contribution < 1.29 is 19.4 Å². The summed E-state index contributed by atoms with van der Waals surface area (Å²) in [6, 6.07) is 21.3. The van der Waals surface area contributed by atoms with Gasteiger partial charge in [0.25, 0.3) is 5.91 Å². The number of carboxylic acid groups (broad SMARTS) is 1. The van der Waals surface area contributed by atoms with Crippen LogP contribution in [0.1, 0.15) is 16.7 Å². The Morgan fingerprint density at radius 1 is 1.00 bits per heavy atom. The molecule has 30 heavy (non-hydrogen) atoms. The molecule has 1 aliphatic rings. The van der Waals surface area contributed by atoms with Gasteiger partial charge in [0, 0.05) is 16.8 Å². The second-order valence-electron chi connectivity index (χ2n) is 7.02. The third-order valence-corrected chi connectivity index (χ3v) is 4.83. The molecule has 0 radical (unpaired) electrons. The largest absolute Gasteiger partial charge is 0.480 e. The highest BCUT2D eigenvalue weighted by atomic mass is 16.5. The Balaban J connectivity index is 1.44. The summed E-state index contributed by atoms with van der Waals surface area (Å²) in [5.41, 5.74) is 9.62. The number of nitrogens with one attached hydrogen (secondary N) is 1. The zero-order valence-corrected chi connectivity index (χ0v) is 16.0. The van der Waals surface area contributed by atoms with Gasteiger partial charge in [-0.05, 0) is 54.0 Å². The van der Waals surface area contributed by atoms with Gasteiger partial charge in [-0.2, -0.15) is 0 Å². The number of nitrogens with two attached hydrogens (primary N) is 1. The lowest BCUT2D eigenvalue weighted by Gasteiger charge is -2.09. The van der Waals surface area contributed by atoms with Crippen LogP contribution in [0.5, 0.6) is 11.5 Å². The number of carboxylic acids is 1. The third kappa shape index (κ3) is 4.24. The first-order chi connectivity index (χ1) is 14.5. The second kappa shape index (κ2) is 8.23. The van der Waals surface area contributed by atoms with Crippen molar-refractivity contribution in [1.82, 2.24) is 0 Å². The molecule has 0 spiro atoms. The summed E-state index contributed by atoms with van der Waals surface area (Å²) in [6.07, 6.45) is 2.11. The summed E-state index contributed by atoms with van der Waals surface area (Å²) in [4.78, 5) is 23.1. The van der Waals surface area contributed by atoms with Crippen LogP contribution in [0.25, 0.3) is 11.6 Å². The van der Waals surface area contributed by atoms with Gasteiger partial charge in [0.05, 0.1) is 0 Å². The quantitative estimate of drug-likeness (QED) is 0.544. The monoisotopic (exact) mass is 400 g/mol. The molecule has 0 saturated carbocycles. The molecule has 0 bridgehead atoms. The summed E-state index contributed by atoms with van der Waals surface area (Å²) in [6.45, 7) is 0. The molecule has 0 aliphatic carbocycles. The van der Waals surface area contributed by atoms with Crippen LogP contribution in [0.15, 0.2) is 72.8 Å². The van der Waals surface area contributed by atoms with Crippen molar-refractivity contribution in [1.29, 1.82) is 0 Å². The van der Waals surface area contributed by atoms with Crippen LogP contribution in [0, 0.1) is 0 Å². The smallest absolute Gasteiger partial charge is 0.320 e. The molecule has 1 amide bonds. The number of carbonyl (C=O) groups excluding carboxylic acids is 1. The molecule has 6 heteroatoms. The van der Waals surface area contributed by atoms with E-state index < -0.39 is 12.0 Å². The zero-order chi connectivity index (χ0) is 21.1. The molecular formula is C24H20N2O4. The molecule has 0 fully saturated rings.